The van der Waals surface area contributed by atoms with Gasteiger partial charge >= 0.3 is 18.0 Å². The first-order valence-corrected chi connectivity index (χ1v) is 7.48. The lowest BCUT2D eigenvalue weighted by atomic mass is 9.86. The zero-order valence-corrected chi connectivity index (χ0v) is 12.9. The number of carbonyl (C=O) groups excluding carboxylic acids is 2. The summed E-state index contributed by atoms with van der Waals surface area (Å²) in [5.41, 5.74) is 0.972. The molecule has 7 nitrogen and oxygen atoms in total. The smallest absolute Gasteiger partial charge is 0.337 e. The quantitative estimate of drug-likeness (QED) is 0.738. The number of carbonyl (C=O) groups is 3. The highest BCUT2D eigenvalue weighted by molar-refractivity contribution is 5.92. The number of urea groups is 1. The van der Waals surface area contributed by atoms with Crippen LogP contribution in [0.3, 0.4) is 0 Å². The zero-order valence-electron chi connectivity index (χ0n) is 12.9. The lowest BCUT2D eigenvalue weighted by Gasteiger charge is -2.26. The summed E-state index contributed by atoms with van der Waals surface area (Å²) in [4.78, 5) is 34.2. The van der Waals surface area contributed by atoms with Gasteiger partial charge in [0.15, 0.2) is 0 Å². The van der Waals surface area contributed by atoms with E-state index >= 15 is 0 Å². The van der Waals surface area contributed by atoms with Crippen LogP contribution in [0.1, 0.15) is 36.0 Å². The van der Waals surface area contributed by atoms with E-state index in [0.29, 0.717) is 36.9 Å². The van der Waals surface area contributed by atoms with Crippen LogP contribution in [0.25, 0.3) is 0 Å². The molecule has 0 spiro atoms. The second-order valence-electron chi connectivity index (χ2n) is 5.55. The summed E-state index contributed by atoms with van der Waals surface area (Å²) in [5.74, 6) is -1.50. The number of hydrogen-bond donors (Lipinski definition) is 3. The molecule has 1 aromatic rings. The van der Waals surface area contributed by atoms with Gasteiger partial charge in [-0.15, -0.1) is 0 Å². The van der Waals surface area contributed by atoms with Crippen molar-refractivity contribution in [2.24, 2.45) is 5.92 Å². The number of carboxylic acids is 1. The average Bonchev–Trinajstić information content (AvgIpc) is 2.55. The van der Waals surface area contributed by atoms with Gasteiger partial charge in [-0.1, -0.05) is 0 Å². The van der Waals surface area contributed by atoms with Crippen molar-refractivity contribution in [3.05, 3.63) is 29.8 Å². The van der Waals surface area contributed by atoms with Crippen LogP contribution in [0.15, 0.2) is 24.3 Å². The molecule has 7 heteroatoms. The molecule has 0 atom stereocenters. The van der Waals surface area contributed by atoms with E-state index in [2.05, 4.69) is 15.4 Å². The molecule has 0 heterocycles. The Bertz CT molecular complexity index is 577. The molecule has 0 unspecified atom stereocenters. The predicted octanol–water partition coefficient (Wildman–Crippen LogP) is 2.24. The molecule has 124 valence electrons. The van der Waals surface area contributed by atoms with Crippen LogP contribution < -0.4 is 10.6 Å². The molecule has 0 bridgehead atoms. The van der Waals surface area contributed by atoms with Crippen molar-refractivity contribution in [1.29, 1.82) is 0 Å². The summed E-state index contributed by atoms with van der Waals surface area (Å²) in [5, 5.41) is 14.5. The Kier molecular flexibility index (Phi) is 5.56. The Labute approximate surface area is 134 Å². The number of esters is 1. The fourth-order valence-electron chi connectivity index (χ4n) is 2.64. The maximum Gasteiger partial charge on any atom is 0.337 e. The van der Waals surface area contributed by atoms with E-state index in [0.717, 1.165) is 0 Å². The van der Waals surface area contributed by atoms with Crippen LogP contribution >= 0.6 is 0 Å². The molecule has 1 saturated carbocycles. The largest absolute Gasteiger partial charge is 0.481 e. The molecule has 2 rings (SSSR count). The van der Waals surface area contributed by atoms with Crippen LogP contribution in [0.2, 0.25) is 0 Å². The minimum atomic E-state index is -0.765. The number of ether oxygens (including phenoxy) is 1. The number of carboxylic acid groups (broad SMARTS) is 1. The summed E-state index contributed by atoms with van der Waals surface area (Å²) < 4.78 is 4.60. The van der Waals surface area contributed by atoms with Gasteiger partial charge in [-0.25, -0.2) is 9.59 Å². The number of methoxy groups -OCH3 is 1. The maximum atomic E-state index is 11.9. The maximum absolute atomic E-state index is 11.9. The molecule has 2 amide bonds. The highest BCUT2D eigenvalue weighted by Crippen LogP contribution is 2.24. The first-order chi connectivity index (χ1) is 11.0. The van der Waals surface area contributed by atoms with Crippen LogP contribution in [0.4, 0.5) is 10.5 Å². The Hall–Kier alpha value is -2.57. The van der Waals surface area contributed by atoms with Crippen molar-refractivity contribution >= 4 is 23.7 Å². The van der Waals surface area contributed by atoms with E-state index in [-0.39, 0.29) is 18.0 Å². The third kappa shape index (κ3) is 4.70. The van der Waals surface area contributed by atoms with Crippen LogP contribution in [-0.2, 0) is 9.53 Å². The van der Waals surface area contributed by atoms with Crippen LogP contribution in [0, 0.1) is 5.92 Å². The normalized spacial score (nSPS) is 20.4. The van der Waals surface area contributed by atoms with Gasteiger partial charge in [0.25, 0.3) is 0 Å². The van der Waals surface area contributed by atoms with Gasteiger partial charge in [0.1, 0.15) is 0 Å². The van der Waals surface area contributed by atoms with Crippen LogP contribution in [-0.4, -0.2) is 36.2 Å². The van der Waals surface area contributed by atoms with E-state index in [1.165, 1.54) is 7.11 Å². The monoisotopic (exact) mass is 320 g/mol. The third-order valence-corrected chi connectivity index (χ3v) is 3.98. The predicted molar refractivity (Wildman–Crippen MR) is 83.3 cm³/mol. The molecule has 0 aromatic heterocycles. The van der Waals surface area contributed by atoms with Gasteiger partial charge in [-0.2, -0.15) is 0 Å². The fraction of sp³-hybridized carbons (Fsp3) is 0.438. The summed E-state index contributed by atoms with van der Waals surface area (Å²) in [6.45, 7) is 0. The zero-order chi connectivity index (χ0) is 16.8. The molecule has 0 saturated heterocycles. The number of nitrogens with one attached hydrogen (secondary N) is 2. The van der Waals surface area contributed by atoms with Crippen molar-refractivity contribution in [3.63, 3.8) is 0 Å². The molecule has 1 aliphatic rings. The van der Waals surface area contributed by atoms with Gasteiger partial charge in [-0.3, -0.25) is 4.79 Å². The minimum absolute atomic E-state index is 0.0139. The van der Waals surface area contributed by atoms with E-state index in [1.807, 2.05) is 0 Å². The highest BCUT2D eigenvalue weighted by Gasteiger charge is 2.26. The summed E-state index contributed by atoms with van der Waals surface area (Å²) in [6, 6.07) is 6.02. The van der Waals surface area contributed by atoms with Crippen molar-refractivity contribution in [2.45, 2.75) is 31.7 Å². The van der Waals surface area contributed by atoms with Gasteiger partial charge in [0.2, 0.25) is 0 Å². The first-order valence-electron chi connectivity index (χ1n) is 7.48. The topological polar surface area (TPSA) is 105 Å². The Balaban J connectivity index is 1.81. The summed E-state index contributed by atoms with van der Waals surface area (Å²) >= 11 is 0. The number of aliphatic carboxylic acids is 1. The first kappa shape index (κ1) is 16.8. The van der Waals surface area contributed by atoms with Crippen molar-refractivity contribution in [2.75, 3.05) is 12.4 Å². The van der Waals surface area contributed by atoms with Crippen molar-refractivity contribution < 1.29 is 24.2 Å². The number of hydrogen-bond acceptors (Lipinski definition) is 4. The molecular formula is C16H20N2O5. The standard InChI is InChI=1S/C16H20N2O5/c1-23-15(21)11-4-8-13(9-5-11)18-16(22)17-12-6-2-10(3-7-12)14(19)20/h4-5,8-10,12H,2-3,6-7H2,1H3,(H,19,20)(H2,17,18,22). The summed E-state index contributed by atoms with van der Waals surface area (Å²) in [6.07, 6.45) is 2.47. The molecule has 23 heavy (non-hydrogen) atoms. The second kappa shape index (κ2) is 7.62. The SMILES string of the molecule is COC(=O)c1ccc(NC(=O)NC2CCC(C(=O)O)CC2)cc1. The van der Waals surface area contributed by atoms with Crippen molar-refractivity contribution in [3.8, 4) is 0 Å². The second-order valence-corrected chi connectivity index (χ2v) is 5.55. The van der Waals surface area contributed by atoms with Gasteiger partial charge in [0.05, 0.1) is 18.6 Å². The number of amides is 2. The molecule has 3 N–H and O–H groups in total. The minimum Gasteiger partial charge on any atom is -0.481 e. The molecule has 0 aliphatic heterocycles. The molecule has 1 aromatic carbocycles. The summed E-state index contributed by atoms with van der Waals surface area (Å²) in [7, 11) is 1.31. The highest BCUT2D eigenvalue weighted by atomic mass is 16.5. The van der Waals surface area contributed by atoms with E-state index in [1.54, 1.807) is 24.3 Å². The van der Waals surface area contributed by atoms with Gasteiger partial charge < -0.3 is 20.5 Å². The number of rotatable bonds is 4. The number of benzene rings is 1. The van der Waals surface area contributed by atoms with Crippen LogP contribution in [0.5, 0.6) is 0 Å². The Morgan fingerprint density at radius 2 is 1.70 bits per heavy atom. The fourth-order valence-corrected chi connectivity index (χ4v) is 2.64. The number of anilines is 1. The lowest BCUT2D eigenvalue weighted by molar-refractivity contribution is -0.142. The van der Waals surface area contributed by atoms with Crippen molar-refractivity contribution in [1.82, 2.24) is 5.32 Å². The van der Waals surface area contributed by atoms with E-state index < -0.39 is 11.9 Å². The lowest BCUT2D eigenvalue weighted by Crippen LogP contribution is -2.40. The van der Waals surface area contributed by atoms with E-state index in [4.69, 9.17) is 5.11 Å². The van der Waals surface area contributed by atoms with Gasteiger partial charge in [-0.05, 0) is 49.9 Å². The Morgan fingerprint density at radius 1 is 1.09 bits per heavy atom. The Morgan fingerprint density at radius 3 is 2.22 bits per heavy atom. The molecule has 1 fully saturated rings. The van der Waals surface area contributed by atoms with E-state index in [9.17, 15) is 14.4 Å². The average molecular weight is 320 g/mol. The molecular weight excluding hydrogens is 300 g/mol. The third-order valence-electron chi connectivity index (χ3n) is 3.98. The van der Waals surface area contributed by atoms with Gasteiger partial charge in [0, 0.05) is 11.7 Å². The molecule has 1 aliphatic carbocycles. The molecule has 0 radical (unpaired) electrons.